The summed E-state index contributed by atoms with van der Waals surface area (Å²) in [6.07, 6.45) is 0. The molecule has 0 radical (unpaired) electrons. The second kappa shape index (κ2) is 6.45. The molecule has 114 valence electrons. The molecule has 6 heteroatoms. The van der Waals surface area contributed by atoms with Crippen LogP contribution in [0.1, 0.15) is 19.4 Å². The fourth-order valence-corrected chi connectivity index (χ4v) is 2.48. The first kappa shape index (κ1) is 15.8. The zero-order chi connectivity index (χ0) is 15.5. The van der Waals surface area contributed by atoms with Crippen LogP contribution in [0.5, 0.6) is 0 Å². The number of carbonyl (C=O) groups is 2. The van der Waals surface area contributed by atoms with Crippen LogP contribution in [0.2, 0.25) is 5.02 Å². The molecule has 1 aliphatic rings. The first-order valence-electron chi connectivity index (χ1n) is 6.83. The van der Waals surface area contributed by atoms with Crippen molar-refractivity contribution in [3.63, 3.8) is 0 Å². The molecule has 5 nitrogen and oxygen atoms in total. The Morgan fingerprint density at radius 1 is 1.43 bits per heavy atom. The number of benzene rings is 1. The van der Waals surface area contributed by atoms with Crippen molar-refractivity contribution >= 4 is 23.4 Å². The maximum atomic E-state index is 12.4. The number of ether oxygens (including phenoxy) is 1. The van der Waals surface area contributed by atoms with E-state index in [-0.39, 0.29) is 18.4 Å². The smallest absolute Gasteiger partial charge is 0.254 e. The highest BCUT2D eigenvalue weighted by Crippen LogP contribution is 2.19. The van der Waals surface area contributed by atoms with Crippen molar-refractivity contribution < 1.29 is 14.3 Å². The van der Waals surface area contributed by atoms with E-state index in [1.54, 1.807) is 17.9 Å². The Hall–Kier alpha value is -1.59. The lowest BCUT2D eigenvalue weighted by molar-refractivity contribution is -0.162. The number of amides is 2. The lowest BCUT2D eigenvalue weighted by Gasteiger charge is -2.38. The normalized spacial score (nSPS) is 22.0. The van der Waals surface area contributed by atoms with E-state index >= 15 is 0 Å². The molecule has 1 heterocycles. The highest BCUT2D eigenvalue weighted by Gasteiger charge is 2.39. The van der Waals surface area contributed by atoms with E-state index in [2.05, 4.69) is 5.32 Å². The van der Waals surface area contributed by atoms with Crippen LogP contribution in [-0.4, -0.2) is 42.0 Å². The average molecular weight is 311 g/mol. The number of morpholine rings is 1. The van der Waals surface area contributed by atoms with Gasteiger partial charge in [0.2, 0.25) is 5.91 Å². The highest BCUT2D eigenvalue weighted by molar-refractivity contribution is 6.31. The molecule has 1 aromatic rings. The van der Waals surface area contributed by atoms with Crippen molar-refractivity contribution in [1.29, 1.82) is 0 Å². The zero-order valence-electron chi connectivity index (χ0n) is 12.2. The third-order valence-corrected chi connectivity index (χ3v) is 3.97. The molecule has 1 aromatic carbocycles. The average Bonchev–Trinajstić information content (AvgIpc) is 2.46. The Morgan fingerprint density at radius 2 is 2.14 bits per heavy atom. The highest BCUT2D eigenvalue weighted by atomic mass is 35.5. The van der Waals surface area contributed by atoms with Crippen LogP contribution in [-0.2, 0) is 20.9 Å². The molecule has 0 bridgehead atoms. The van der Waals surface area contributed by atoms with Gasteiger partial charge in [-0.2, -0.15) is 0 Å². The Morgan fingerprint density at radius 3 is 2.81 bits per heavy atom. The summed E-state index contributed by atoms with van der Waals surface area (Å²) in [6.45, 7) is 4.66. The van der Waals surface area contributed by atoms with E-state index in [4.69, 9.17) is 16.3 Å². The number of rotatable bonds is 3. The third-order valence-electron chi connectivity index (χ3n) is 3.60. The maximum absolute atomic E-state index is 12.4. The van der Waals surface area contributed by atoms with Gasteiger partial charge in [0.1, 0.15) is 0 Å². The Bertz CT molecular complexity index is 549. The molecular weight excluding hydrogens is 292 g/mol. The van der Waals surface area contributed by atoms with Crippen LogP contribution < -0.4 is 5.32 Å². The summed E-state index contributed by atoms with van der Waals surface area (Å²) in [7, 11) is 0. The van der Waals surface area contributed by atoms with Gasteiger partial charge in [-0.25, -0.2) is 0 Å². The minimum Gasteiger partial charge on any atom is -0.362 e. The summed E-state index contributed by atoms with van der Waals surface area (Å²) >= 11 is 6.06. The molecule has 2 rings (SSSR count). The van der Waals surface area contributed by atoms with Gasteiger partial charge in [0.15, 0.2) is 5.60 Å². The van der Waals surface area contributed by atoms with Crippen LogP contribution in [0.15, 0.2) is 24.3 Å². The standard InChI is InChI=1S/C15H19ClN2O3/c1-11(19)18-7-8-21-15(2,10-18)14(20)17-9-12-5-3-4-6-13(12)16/h3-6H,7-10H2,1-2H3,(H,17,20)/t15-/m0/s1. The molecule has 1 N–H and O–H groups in total. The quantitative estimate of drug-likeness (QED) is 0.922. The second-order valence-electron chi connectivity index (χ2n) is 5.29. The van der Waals surface area contributed by atoms with Crippen LogP contribution in [0.25, 0.3) is 0 Å². The van der Waals surface area contributed by atoms with E-state index in [0.29, 0.717) is 24.7 Å². The Balaban J connectivity index is 1.99. The van der Waals surface area contributed by atoms with Crippen LogP contribution in [0.4, 0.5) is 0 Å². The number of carbonyl (C=O) groups excluding carboxylic acids is 2. The first-order valence-corrected chi connectivity index (χ1v) is 7.21. The van der Waals surface area contributed by atoms with Gasteiger partial charge in [0.05, 0.1) is 13.2 Å². The minimum absolute atomic E-state index is 0.0524. The topological polar surface area (TPSA) is 58.6 Å². The molecule has 21 heavy (non-hydrogen) atoms. The summed E-state index contributed by atoms with van der Waals surface area (Å²) in [5.41, 5.74) is -0.180. The Labute approximate surface area is 129 Å². The van der Waals surface area contributed by atoms with Crippen LogP contribution in [0.3, 0.4) is 0 Å². The van der Waals surface area contributed by atoms with Gasteiger partial charge >= 0.3 is 0 Å². The molecule has 0 saturated carbocycles. The predicted octanol–water partition coefficient (Wildman–Crippen LogP) is 1.59. The summed E-state index contributed by atoms with van der Waals surface area (Å²) in [5, 5.41) is 3.43. The molecule has 0 aromatic heterocycles. The van der Waals surface area contributed by atoms with E-state index in [1.165, 1.54) is 6.92 Å². The number of hydrogen-bond donors (Lipinski definition) is 1. The number of halogens is 1. The van der Waals surface area contributed by atoms with E-state index in [0.717, 1.165) is 5.56 Å². The van der Waals surface area contributed by atoms with Crippen LogP contribution in [0, 0.1) is 0 Å². The lowest BCUT2D eigenvalue weighted by Crippen LogP contribution is -2.58. The van der Waals surface area contributed by atoms with Crippen molar-refractivity contribution in [2.24, 2.45) is 0 Å². The van der Waals surface area contributed by atoms with Gasteiger partial charge in [0.25, 0.3) is 5.91 Å². The summed E-state index contributed by atoms with van der Waals surface area (Å²) in [5.74, 6) is -0.295. The SMILES string of the molecule is CC(=O)N1CCO[C@](C)(C(=O)NCc2ccccc2Cl)C1. The summed E-state index contributed by atoms with van der Waals surface area (Å²) in [4.78, 5) is 25.4. The van der Waals surface area contributed by atoms with E-state index < -0.39 is 5.60 Å². The largest absolute Gasteiger partial charge is 0.362 e. The predicted molar refractivity (Wildman–Crippen MR) is 79.9 cm³/mol. The molecule has 0 unspecified atom stereocenters. The number of hydrogen-bond acceptors (Lipinski definition) is 3. The fourth-order valence-electron chi connectivity index (χ4n) is 2.28. The van der Waals surface area contributed by atoms with Crippen molar-refractivity contribution in [2.45, 2.75) is 26.0 Å². The van der Waals surface area contributed by atoms with E-state index in [1.807, 2.05) is 18.2 Å². The molecule has 1 aliphatic heterocycles. The monoisotopic (exact) mass is 310 g/mol. The van der Waals surface area contributed by atoms with Crippen molar-refractivity contribution in [3.05, 3.63) is 34.9 Å². The fraction of sp³-hybridized carbons (Fsp3) is 0.467. The van der Waals surface area contributed by atoms with Crippen LogP contribution >= 0.6 is 11.6 Å². The maximum Gasteiger partial charge on any atom is 0.254 e. The zero-order valence-corrected chi connectivity index (χ0v) is 12.9. The van der Waals surface area contributed by atoms with Gasteiger partial charge in [0, 0.05) is 25.0 Å². The van der Waals surface area contributed by atoms with Gasteiger partial charge in [-0.05, 0) is 18.6 Å². The number of nitrogens with zero attached hydrogens (tertiary/aromatic N) is 1. The minimum atomic E-state index is -1.02. The van der Waals surface area contributed by atoms with Crippen molar-refractivity contribution in [1.82, 2.24) is 10.2 Å². The molecule has 0 aliphatic carbocycles. The molecule has 1 atom stereocenters. The molecule has 1 saturated heterocycles. The van der Waals surface area contributed by atoms with Gasteiger partial charge in [-0.3, -0.25) is 9.59 Å². The molecule has 1 fully saturated rings. The summed E-state index contributed by atoms with van der Waals surface area (Å²) in [6, 6.07) is 7.33. The van der Waals surface area contributed by atoms with Crippen molar-refractivity contribution in [3.8, 4) is 0 Å². The van der Waals surface area contributed by atoms with Crippen molar-refractivity contribution in [2.75, 3.05) is 19.7 Å². The summed E-state index contributed by atoms with van der Waals surface area (Å²) < 4.78 is 5.59. The molecule has 2 amide bonds. The van der Waals surface area contributed by atoms with Gasteiger partial charge in [-0.15, -0.1) is 0 Å². The van der Waals surface area contributed by atoms with Gasteiger partial charge < -0.3 is 15.0 Å². The lowest BCUT2D eigenvalue weighted by atomic mass is 10.0. The second-order valence-corrected chi connectivity index (χ2v) is 5.70. The first-order chi connectivity index (χ1) is 9.92. The molecular formula is C15H19ClN2O3. The Kier molecular flexibility index (Phi) is 4.85. The van der Waals surface area contributed by atoms with E-state index in [9.17, 15) is 9.59 Å². The molecule has 0 spiro atoms. The third kappa shape index (κ3) is 3.74. The van der Waals surface area contributed by atoms with Gasteiger partial charge in [-0.1, -0.05) is 29.8 Å². The number of nitrogens with one attached hydrogen (secondary N) is 1.